The van der Waals surface area contributed by atoms with Gasteiger partial charge >= 0.3 is 6.97 Å². The molecule has 2 nitrogen and oxygen atoms in total. The van der Waals surface area contributed by atoms with Gasteiger partial charge in [-0.2, -0.15) is 0 Å². The lowest BCUT2D eigenvalue weighted by Crippen LogP contribution is -2.50. The second-order valence-electron chi connectivity index (χ2n) is 4.18. The highest BCUT2D eigenvalue weighted by atomic mass is 79.9. The summed E-state index contributed by atoms with van der Waals surface area (Å²) >= 11 is 31.0. The third kappa shape index (κ3) is 2.07. The van der Waals surface area contributed by atoms with Crippen molar-refractivity contribution in [2.75, 3.05) is 0 Å². The number of fused-ring (bicyclic) bond motifs is 2. The van der Waals surface area contributed by atoms with Gasteiger partial charge in [0.2, 0.25) is 4.62 Å². The molecule has 0 saturated heterocycles. The molecule has 2 aliphatic heterocycles. The van der Waals surface area contributed by atoms with Crippen LogP contribution < -0.4 is 0 Å². The van der Waals surface area contributed by atoms with E-state index in [1.165, 1.54) is 0 Å². The van der Waals surface area contributed by atoms with Crippen LogP contribution in [0.1, 0.15) is 5.69 Å². The van der Waals surface area contributed by atoms with Crippen LogP contribution in [0.4, 0.5) is 8.63 Å². The van der Waals surface area contributed by atoms with Crippen molar-refractivity contribution in [1.82, 2.24) is 4.48 Å². The molecule has 2 aliphatic rings. The summed E-state index contributed by atoms with van der Waals surface area (Å²) in [6.45, 7) is -4.24. The highest BCUT2D eigenvalue weighted by molar-refractivity contribution is 9.18. The highest BCUT2D eigenvalue weighted by Gasteiger charge is 2.58. The molecular formula is C9BBr4Cl3F2N2. The zero-order valence-electron chi connectivity index (χ0n) is 9.37. The van der Waals surface area contributed by atoms with E-state index in [0.29, 0.717) is 0 Å². The van der Waals surface area contributed by atoms with Crippen molar-refractivity contribution in [3.63, 3.8) is 0 Å². The summed E-state index contributed by atoms with van der Waals surface area (Å²) in [4.78, 5) is 0. The van der Waals surface area contributed by atoms with Crippen molar-refractivity contribution < 1.29 is 13.1 Å². The molecule has 112 valence electrons. The lowest BCUT2D eigenvalue weighted by molar-refractivity contribution is -0.358. The van der Waals surface area contributed by atoms with Crippen LogP contribution in [0.15, 0.2) is 24.3 Å². The van der Waals surface area contributed by atoms with Gasteiger partial charge < -0.3 is 17.6 Å². The molecule has 0 N–H and O–H groups in total. The number of rotatable bonds is 0. The number of hydrogen-bond donors (Lipinski definition) is 0. The minimum Gasteiger partial charge on any atom is -0.389 e. The van der Waals surface area contributed by atoms with Gasteiger partial charge in [-0.3, -0.25) is 0 Å². The fourth-order valence-corrected chi connectivity index (χ4v) is 6.11. The molecule has 0 unspecified atom stereocenters. The largest absolute Gasteiger partial charge is 0.738 e. The quantitative estimate of drug-likeness (QED) is 0.298. The Hall–Kier alpha value is 1.14. The van der Waals surface area contributed by atoms with E-state index >= 15 is 0 Å². The maximum atomic E-state index is 15.0. The van der Waals surface area contributed by atoms with Crippen LogP contribution in [0.5, 0.6) is 0 Å². The molecule has 0 aromatic carbocycles. The summed E-state index contributed by atoms with van der Waals surface area (Å²) in [5, 5.41) is 0.337. The van der Waals surface area contributed by atoms with Gasteiger partial charge in [0, 0.05) is 15.9 Å². The van der Waals surface area contributed by atoms with Gasteiger partial charge in [0.15, 0.2) is 5.70 Å². The molecule has 0 bridgehead atoms. The maximum absolute atomic E-state index is 15.0. The Kier molecular flexibility index (Phi) is 4.31. The van der Waals surface area contributed by atoms with E-state index in [1.807, 2.05) is 0 Å². The van der Waals surface area contributed by atoms with Gasteiger partial charge in [-0.05, 0) is 47.8 Å². The average Bonchev–Trinajstić information content (AvgIpc) is 2.78. The van der Waals surface area contributed by atoms with Crippen molar-refractivity contribution in [2.45, 2.75) is 0 Å². The SMILES string of the molecule is F[B-]1(F)n2c(Br)c(Cl)c(Br)c2C(Cl)=C2C(Br)=C(Cl)C(Br)=[N+]21. The van der Waals surface area contributed by atoms with E-state index in [1.54, 1.807) is 0 Å². The van der Waals surface area contributed by atoms with Crippen molar-refractivity contribution in [2.24, 2.45) is 0 Å². The van der Waals surface area contributed by atoms with Crippen molar-refractivity contribution >= 4 is 115 Å². The Morgan fingerprint density at radius 1 is 1.00 bits per heavy atom. The molecule has 0 radical (unpaired) electrons. The van der Waals surface area contributed by atoms with Gasteiger partial charge in [-0.25, -0.2) is 0 Å². The van der Waals surface area contributed by atoms with Crippen LogP contribution >= 0.6 is 98.5 Å². The molecule has 21 heavy (non-hydrogen) atoms. The number of halogens is 9. The van der Waals surface area contributed by atoms with E-state index in [2.05, 4.69) is 63.7 Å². The summed E-state index contributed by atoms with van der Waals surface area (Å²) in [5.74, 6) is 0. The molecule has 3 heterocycles. The molecule has 0 atom stereocenters. The molecule has 0 amide bonds. The van der Waals surface area contributed by atoms with Crippen LogP contribution in [0.3, 0.4) is 0 Å². The predicted octanol–water partition coefficient (Wildman–Crippen LogP) is 6.48. The molecule has 0 fully saturated rings. The monoisotopic (exact) mass is 606 g/mol. The first-order chi connectivity index (χ1) is 9.62. The smallest absolute Gasteiger partial charge is 0.389 e. The van der Waals surface area contributed by atoms with Crippen molar-refractivity contribution in [1.29, 1.82) is 0 Å². The summed E-state index contributed by atoms with van der Waals surface area (Å²) in [7, 11) is 0. The lowest BCUT2D eigenvalue weighted by Gasteiger charge is -2.30. The molecule has 1 aromatic heterocycles. The number of allylic oxidation sites excluding steroid dienone is 2. The highest BCUT2D eigenvalue weighted by Crippen LogP contribution is 2.51. The predicted molar refractivity (Wildman–Crippen MR) is 97.0 cm³/mol. The summed E-state index contributed by atoms with van der Waals surface area (Å²) in [6.07, 6.45) is 0. The first kappa shape index (κ1) is 17.0. The van der Waals surface area contributed by atoms with E-state index in [4.69, 9.17) is 34.8 Å². The standard InChI is InChI=1S/C9BBr4Cl3F2N2/c11-1-3(15)8(13)20-6(1)5(17)7-2(12)4(16)9(14)21(7)10(20,18)19. The Morgan fingerprint density at radius 3 is 2.14 bits per heavy atom. The Labute approximate surface area is 166 Å². The second-order valence-corrected chi connectivity index (χ2v) is 8.40. The topological polar surface area (TPSA) is 7.94 Å². The number of aromatic nitrogens is 1. The van der Waals surface area contributed by atoms with Crippen LogP contribution in [-0.4, -0.2) is 20.6 Å². The van der Waals surface area contributed by atoms with Gasteiger partial charge in [0.05, 0.1) is 19.8 Å². The number of nitrogens with zero attached hydrogens (tertiary/aromatic N) is 2. The second kappa shape index (κ2) is 5.32. The van der Waals surface area contributed by atoms with Crippen molar-refractivity contribution in [3.05, 3.63) is 35.0 Å². The molecule has 0 spiro atoms. The maximum Gasteiger partial charge on any atom is 0.738 e. The van der Waals surface area contributed by atoms with Crippen molar-refractivity contribution in [3.8, 4) is 0 Å². The molecule has 0 aliphatic carbocycles. The van der Waals surface area contributed by atoms with E-state index in [9.17, 15) is 8.63 Å². The normalized spacial score (nSPS) is 20.4. The summed E-state index contributed by atoms with van der Waals surface area (Å²) in [6, 6.07) is 0. The van der Waals surface area contributed by atoms with E-state index < -0.39 is 6.97 Å². The molecular weight excluding hydrogens is 611 g/mol. The molecule has 12 heteroatoms. The molecule has 0 saturated carbocycles. The zero-order valence-corrected chi connectivity index (χ0v) is 18.0. The first-order valence-electron chi connectivity index (χ1n) is 5.17. The fraction of sp³-hybridized carbons (Fsp3) is 0. The Morgan fingerprint density at radius 2 is 1.57 bits per heavy atom. The van der Waals surface area contributed by atoms with Gasteiger partial charge in [-0.15, -0.1) is 0 Å². The average molecular weight is 611 g/mol. The minimum atomic E-state index is -4.24. The summed E-state index contributed by atoms with van der Waals surface area (Å²) in [5.41, 5.74) is 0.182. The first-order valence-corrected chi connectivity index (χ1v) is 9.48. The van der Waals surface area contributed by atoms with Crippen LogP contribution in [0.25, 0.3) is 5.03 Å². The van der Waals surface area contributed by atoms with Crippen LogP contribution in [0, 0.1) is 0 Å². The fourth-order valence-electron chi connectivity index (χ4n) is 2.22. The Balaban J connectivity index is 2.52. The molecule has 3 rings (SSSR count). The van der Waals surface area contributed by atoms with Crippen LogP contribution in [-0.2, 0) is 0 Å². The summed E-state index contributed by atoms with van der Waals surface area (Å²) < 4.78 is 32.1. The van der Waals surface area contributed by atoms with Gasteiger partial charge in [-0.1, -0.05) is 34.8 Å². The Bertz CT molecular complexity index is 814. The van der Waals surface area contributed by atoms with Crippen LogP contribution in [0.2, 0.25) is 5.02 Å². The minimum absolute atomic E-state index is 0.0349. The van der Waals surface area contributed by atoms with Gasteiger partial charge in [0.1, 0.15) is 14.5 Å². The zero-order chi connectivity index (χ0) is 15.9. The van der Waals surface area contributed by atoms with E-state index in [0.717, 1.165) is 8.96 Å². The van der Waals surface area contributed by atoms with E-state index in [-0.39, 0.29) is 44.7 Å². The third-order valence-corrected chi connectivity index (χ3v) is 8.21. The lowest BCUT2D eigenvalue weighted by atomic mass is 9.92. The van der Waals surface area contributed by atoms with Gasteiger partial charge in [0.25, 0.3) is 0 Å². The number of hydrogen-bond acceptors (Lipinski definition) is 0. The molecule has 1 aromatic rings. The third-order valence-electron chi connectivity index (χ3n) is 3.11.